The fourth-order valence-corrected chi connectivity index (χ4v) is 4.24. The highest BCUT2D eigenvalue weighted by atomic mass is 16.7. The van der Waals surface area contributed by atoms with E-state index in [1.165, 1.54) is 26.3 Å². The van der Waals surface area contributed by atoms with Crippen LogP contribution in [-0.2, 0) is 39.8 Å². The van der Waals surface area contributed by atoms with Crippen molar-refractivity contribution in [2.45, 2.75) is 65.2 Å². The summed E-state index contributed by atoms with van der Waals surface area (Å²) in [7, 11) is 1.30. The molecule has 2 heterocycles. The molecule has 238 valence electrons. The number of carbonyl (C=O) groups excluding carboxylic acids is 5. The second-order valence-electron chi connectivity index (χ2n) is 10.4. The van der Waals surface area contributed by atoms with Crippen LogP contribution in [0.25, 0.3) is 0 Å². The van der Waals surface area contributed by atoms with E-state index < -0.39 is 72.4 Å². The molecule has 1 aliphatic heterocycles. The fourth-order valence-electron chi connectivity index (χ4n) is 4.24. The summed E-state index contributed by atoms with van der Waals surface area (Å²) in [6.45, 7) is 6.20. The molecule has 1 saturated heterocycles. The number of benzene rings is 1. The maximum atomic E-state index is 13.4. The summed E-state index contributed by atoms with van der Waals surface area (Å²) in [4.78, 5) is 68.8. The van der Waals surface area contributed by atoms with E-state index in [-0.39, 0.29) is 24.5 Å². The quantitative estimate of drug-likeness (QED) is 0.223. The van der Waals surface area contributed by atoms with Gasteiger partial charge in [-0.2, -0.15) is 0 Å². The highest BCUT2D eigenvalue weighted by molar-refractivity contribution is 5.98. The van der Waals surface area contributed by atoms with Crippen LogP contribution in [0.2, 0.25) is 0 Å². The number of hydrogen-bond acceptors (Lipinski definition) is 12. The van der Waals surface area contributed by atoms with E-state index >= 15 is 0 Å². The van der Waals surface area contributed by atoms with E-state index in [2.05, 4.69) is 10.3 Å². The molecule has 1 N–H and O–H groups in total. The van der Waals surface area contributed by atoms with Gasteiger partial charge in [-0.05, 0) is 25.3 Å². The second-order valence-corrected chi connectivity index (χ2v) is 10.4. The monoisotopic (exact) mass is 614 g/mol. The van der Waals surface area contributed by atoms with Crippen molar-refractivity contribution in [3.63, 3.8) is 0 Å². The Morgan fingerprint density at radius 2 is 1.82 bits per heavy atom. The summed E-state index contributed by atoms with van der Waals surface area (Å²) in [5.41, 5.74) is 0.377. The van der Waals surface area contributed by atoms with E-state index in [4.69, 9.17) is 28.4 Å². The maximum Gasteiger partial charge on any atom is 0.514 e. The lowest BCUT2D eigenvalue weighted by Crippen LogP contribution is -2.47. The Morgan fingerprint density at radius 1 is 1.09 bits per heavy atom. The van der Waals surface area contributed by atoms with Crippen LogP contribution in [-0.4, -0.2) is 73.5 Å². The molecule has 1 aromatic heterocycles. The maximum absolute atomic E-state index is 13.4. The van der Waals surface area contributed by atoms with Gasteiger partial charge in [0.25, 0.3) is 5.91 Å². The van der Waals surface area contributed by atoms with Gasteiger partial charge in [0.2, 0.25) is 5.75 Å². The topological polar surface area (TPSA) is 166 Å². The van der Waals surface area contributed by atoms with Crippen molar-refractivity contribution in [2.24, 2.45) is 11.8 Å². The van der Waals surface area contributed by atoms with E-state index in [9.17, 15) is 24.0 Å². The minimum absolute atomic E-state index is 0.00764. The number of ether oxygens (including phenoxy) is 6. The molecule has 3 rings (SSSR count). The summed E-state index contributed by atoms with van der Waals surface area (Å²) in [6, 6.07) is 8.92. The highest BCUT2D eigenvalue weighted by Crippen LogP contribution is 2.30. The Kier molecular flexibility index (Phi) is 12.5. The van der Waals surface area contributed by atoms with Crippen LogP contribution in [0.3, 0.4) is 0 Å². The molecule has 1 amide bonds. The molecule has 0 spiro atoms. The third-order valence-electron chi connectivity index (χ3n) is 6.67. The van der Waals surface area contributed by atoms with Gasteiger partial charge in [0.05, 0.1) is 19.6 Å². The molecule has 1 fully saturated rings. The van der Waals surface area contributed by atoms with Crippen molar-refractivity contribution >= 4 is 30.0 Å². The first-order valence-electron chi connectivity index (χ1n) is 14.4. The fraction of sp³-hybridized carbons (Fsp3) is 0.484. The third-order valence-corrected chi connectivity index (χ3v) is 6.67. The molecular formula is C31H38N2O11. The number of carbonyl (C=O) groups is 5. The van der Waals surface area contributed by atoms with Crippen LogP contribution in [0, 0.1) is 11.8 Å². The van der Waals surface area contributed by atoms with Gasteiger partial charge in [0.15, 0.2) is 23.6 Å². The number of amides is 1. The zero-order chi connectivity index (χ0) is 32.2. The third kappa shape index (κ3) is 9.16. The van der Waals surface area contributed by atoms with Gasteiger partial charge >= 0.3 is 24.1 Å². The molecule has 0 saturated carbocycles. The van der Waals surface area contributed by atoms with Crippen LogP contribution >= 0.6 is 0 Å². The molecule has 0 aliphatic carbocycles. The zero-order valence-corrected chi connectivity index (χ0v) is 25.4. The van der Waals surface area contributed by atoms with E-state index in [1.54, 1.807) is 38.1 Å². The van der Waals surface area contributed by atoms with Gasteiger partial charge in [-0.3, -0.25) is 14.4 Å². The number of esters is 3. The molecular weight excluding hydrogens is 576 g/mol. The van der Waals surface area contributed by atoms with E-state index in [0.29, 0.717) is 6.42 Å². The Morgan fingerprint density at radius 3 is 2.48 bits per heavy atom. The van der Waals surface area contributed by atoms with Crippen molar-refractivity contribution in [1.29, 1.82) is 0 Å². The summed E-state index contributed by atoms with van der Waals surface area (Å²) >= 11 is 0. The number of pyridine rings is 1. The Hall–Kier alpha value is -4.68. The van der Waals surface area contributed by atoms with Crippen LogP contribution < -0.4 is 14.8 Å². The van der Waals surface area contributed by atoms with Gasteiger partial charge in [-0.1, -0.05) is 57.5 Å². The lowest BCUT2D eigenvalue weighted by molar-refractivity contribution is -0.176. The number of cyclic esters (lactones) is 2. The number of unbranched alkanes of at least 4 members (excludes halogenated alkanes) is 1. The van der Waals surface area contributed by atoms with Crippen molar-refractivity contribution in [2.75, 3.05) is 20.3 Å². The van der Waals surface area contributed by atoms with Gasteiger partial charge in [-0.25, -0.2) is 14.6 Å². The molecule has 13 heteroatoms. The first-order chi connectivity index (χ1) is 21.0. The largest absolute Gasteiger partial charge is 0.514 e. The van der Waals surface area contributed by atoms with Gasteiger partial charge < -0.3 is 33.7 Å². The summed E-state index contributed by atoms with van der Waals surface area (Å²) < 4.78 is 32.2. The lowest BCUT2D eigenvalue weighted by atomic mass is 9.91. The first kappa shape index (κ1) is 33.8. The highest BCUT2D eigenvalue weighted by Gasteiger charge is 2.42. The molecule has 0 unspecified atom stereocenters. The van der Waals surface area contributed by atoms with Gasteiger partial charge in [-0.15, -0.1) is 0 Å². The lowest BCUT2D eigenvalue weighted by Gasteiger charge is -2.29. The average molecular weight is 615 g/mol. The van der Waals surface area contributed by atoms with Crippen LogP contribution in [0.15, 0.2) is 42.6 Å². The normalized spacial score (nSPS) is 20.2. The molecule has 13 nitrogen and oxygen atoms in total. The first-order valence-corrected chi connectivity index (χ1v) is 14.4. The van der Waals surface area contributed by atoms with Crippen LogP contribution in [0.4, 0.5) is 4.79 Å². The van der Waals surface area contributed by atoms with Crippen molar-refractivity contribution in [3.8, 4) is 11.5 Å². The molecule has 44 heavy (non-hydrogen) atoms. The Balaban J connectivity index is 1.86. The van der Waals surface area contributed by atoms with E-state index in [0.717, 1.165) is 12.0 Å². The Labute approximate surface area is 255 Å². The number of rotatable bonds is 11. The average Bonchev–Trinajstić information content (AvgIpc) is 3.03. The SMILES string of the molecule is CCCCOC(=O)Oc1c(OC)ccnc1C(=O)N[C@H]1COC(=O)[C@H](Cc2ccccc2)[C@@H](OC(=O)C(C)C)[C@H](C)OC1=O. The molecule has 1 aliphatic rings. The smallest absolute Gasteiger partial charge is 0.493 e. The summed E-state index contributed by atoms with van der Waals surface area (Å²) in [5.74, 6) is -5.09. The number of methoxy groups -OCH3 is 1. The summed E-state index contributed by atoms with van der Waals surface area (Å²) in [6.07, 6.45) is -0.560. The molecule has 0 bridgehead atoms. The molecule has 4 atom stereocenters. The molecule has 0 radical (unpaired) electrons. The van der Waals surface area contributed by atoms with Crippen molar-refractivity contribution in [1.82, 2.24) is 10.3 Å². The van der Waals surface area contributed by atoms with Crippen molar-refractivity contribution in [3.05, 3.63) is 53.9 Å². The number of aromatic nitrogens is 1. The van der Waals surface area contributed by atoms with E-state index in [1.807, 2.05) is 13.0 Å². The number of nitrogens with one attached hydrogen (secondary N) is 1. The zero-order valence-electron chi connectivity index (χ0n) is 25.4. The number of hydrogen-bond donors (Lipinski definition) is 1. The molecule has 2 aromatic rings. The van der Waals surface area contributed by atoms with Gasteiger partial charge in [0, 0.05) is 12.3 Å². The van der Waals surface area contributed by atoms with Gasteiger partial charge in [0.1, 0.15) is 18.6 Å². The van der Waals surface area contributed by atoms with Crippen LogP contribution in [0.5, 0.6) is 11.5 Å². The predicted octanol–water partition coefficient (Wildman–Crippen LogP) is 3.42. The molecule has 1 aromatic carbocycles. The minimum atomic E-state index is -1.48. The Bertz CT molecular complexity index is 1310. The predicted molar refractivity (Wildman–Crippen MR) is 154 cm³/mol. The standard InChI is InChI=1S/C31H38N2O11/c1-6-7-15-40-31(38)44-26-23(39-5)13-14-32-24(26)27(34)33-22-17-41-29(36)21(16-20-11-9-8-10-12-20)25(19(4)42-30(22)37)43-28(35)18(2)3/h8-14,18-19,21-22,25H,6-7,15-17H2,1-5H3,(H,33,34)/t19-,21+,22-,25-/m0/s1. The van der Waals surface area contributed by atoms with Crippen LogP contribution in [0.1, 0.15) is 56.6 Å². The second kappa shape index (κ2) is 16.2. The number of nitrogens with zero attached hydrogens (tertiary/aromatic N) is 1. The van der Waals surface area contributed by atoms with Crippen molar-refractivity contribution < 1.29 is 52.4 Å². The minimum Gasteiger partial charge on any atom is -0.493 e. The summed E-state index contributed by atoms with van der Waals surface area (Å²) in [5, 5.41) is 2.43.